The molecule has 3 rings (SSSR count). The fourth-order valence-electron chi connectivity index (χ4n) is 3.20. The number of piperazine rings is 1. The van der Waals surface area contributed by atoms with E-state index in [1.54, 1.807) is 24.5 Å². The van der Waals surface area contributed by atoms with Crippen LogP contribution in [0, 0.1) is 0 Å². The number of hydrogen-bond donors (Lipinski definition) is 3. The fourth-order valence-corrected chi connectivity index (χ4v) is 3.20. The van der Waals surface area contributed by atoms with E-state index in [-0.39, 0.29) is 36.4 Å². The number of benzene rings is 1. The van der Waals surface area contributed by atoms with Crippen molar-refractivity contribution in [1.29, 1.82) is 0 Å². The Morgan fingerprint density at radius 2 is 1.72 bits per heavy atom. The summed E-state index contributed by atoms with van der Waals surface area (Å²) in [5.41, 5.74) is 6.50. The lowest BCUT2D eigenvalue weighted by Gasteiger charge is -2.36. The van der Waals surface area contributed by atoms with Crippen molar-refractivity contribution in [3.05, 3.63) is 53.9 Å². The number of anilines is 1. The van der Waals surface area contributed by atoms with Crippen molar-refractivity contribution >= 4 is 47.7 Å². The molecule has 0 bridgehead atoms. The molecule has 1 aliphatic heterocycles. The smallest absolute Gasteiger partial charge is 0.251 e. The first-order valence-corrected chi connectivity index (χ1v) is 10.3. The van der Waals surface area contributed by atoms with Crippen LogP contribution in [0.1, 0.15) is 22.8 Å². The summed E-state index contributed by atoms with van der Waals surface area (Å²) < 4.78 is 0. The van der Waals surface area contributed by atoms with Gasteiger partial charge < -0.3 is 26.2 Å². The van der Waals surface area contributed by atoms with Crippen LogP contribution < -0.4 is 21.3 Å². The third-order valence-corrected chi connectivity index (χ3v) is 4.80. The molecule has 32 heavy (non-hydrogen) atoms. The average molecular weight is 552 g/mol. The van der Waals surface area contributed by atoms with Crippen molar-refractivity contribution in [2.24, 2.45) is 10.7 Å². The molecule has 2 heterocycles. The highest BCUT2D eigenvalue weighted by molar-refractivity contribution is 14.0. The van der Waals surface area contributed by atoms with Gasteiger partial charge in [0.1, 0.15) is 0 Å². The van der Waals surface area contributed by atoms with E-state index in [0.29, 0.717) is 12.1 Å². The van der Waals surface area contributed by atoms with Gasteiger partial charge in [-0.2, -0.15) is 0 Å². The minimum absolute atomic E-state index is 0. The van der Waals surface area contributed by atoms with Crippen LogP contribution in [0.4, 0.5) is 5.95 Å². The predicted octanol–water partition coefficient (Wildman–Crippen LogP) is 0.597. The van der Waals surface area contributed by atoms with Crippen LogP contribution in [0.15, 0.2) is 47.7 Å². The highest BCUT2D eigenvalue weighted by Crippen LogP contribution is 2.11. The lowest BCUT2D eigenvalue weighted by atomic mass is 10.1. The molecule has 1 saturated heterocycles. The van der Waals surface area contributed by atoms with Crippen molar-refractivity contribution < 1.29 is 9.59 Å². The van der Waals surface area contributed by atoms with Crippen LogP contribution in [0.3, 0.4) is 0 Å². The second kappa shape index (κ2) is 12.8. The van der Waals surface area contributed by atoms with Gasteiger partial charge in [-0.25, -0.2) is 15.0 Å². The van der Waals surface area contributed by atoms with Crippen LogP contribution in [0.5, 0.6) is 0 Å². The predicted molar refractivity (Wildman–Crippen MR) is 134 cm³/mol. The number of rotatable bonds is 7. The van der Waals surface area contributed by atoms with Gasteiger partial charge in [0, 0.05) is 50.7 Å². The molecule has 2 amide bonds. The van der Waals surface area contributed by atoms with Gasteiger partial charge in [-0.05, 0) is 30.7 Å². The number of carbonyl (C=O) groups excluding carboxylic acids is 2. The number of halogens is 1. The Balaban J connectivity index is 0.00000363. The number of primary amides is 1. The Bertz CT molecular complexity index is 900. The van der Waals surface area contributed by atoms with Crippen LogP contribution in [0.2, 0.25) is 0 Å². The number of carbonyl (C=O) groups is 2. The van der Waals surface area contributed by atoms with E-state index in [1.807, 2.05) is 25.1 Å². The van der Waals surface area contributed by atoms with Crippen molar-refractivity contribution in [2.45, 2.75) is 13.5 Å². The first-order chi connectivity index (χ1) is 15.1. The minimum atomic E-state index is -0.576. The Morgan fingerprint density at radius 3 is 2.31 bits per heavy atom. The van der Waals surface area contributed by atoms with Gasteiger partial charge in [0.15, 0.2) is 5.96 Å². The average Bonchev–Trinajstić information content (AvgIpc) is 2.81. The summed E-state index contributed by atoms with van der Waals surface area (Å²) in [6, 6.07) is 8.96. The molecule has 1 aromatic heterocycles. The molecule has 1 aromatic carbocycles. The molecular weight excluding hydrogens is 523 g/mol. The summed E-state index contributed by atoms with van der Waals surface area (Å²) in [5, 5.41) is 5.82. The minimum Gasteiger partial charge on any atom is -0.368 e. The van der Waals surface area contributed by atoms with Gasteiger partial charge in [-0.15, -0.1) is 24.0 Å². The van der Waals surface area contributed by atoms with Crippen LogP contribution in [-0.4, -0.2) is 71.9 Å². The standard InChI is InChI=1S/C21H28N8O2.HI/c1-2-23-20(28-10-12-29(13-11-28)21-24-8-3-9-25-21)27-14-16-4-6-17(7-5-16)19(31)26-15-18(22)30;/h3-9H,2,10-15H2,1H3,(H2,22,30)(H,23,27)(H,26,31);1H. The molecule has 1 fully saturated rings. The molecule has 4 N–H and O–H groups in total. The van der Waals surface area contributed by atoms with E-state index in [9.17, 15) is 9.59 Å². The first-order valence-electron chi connectivity index (χ1n) is 10.3. The Kier molecular flexibility index (Phi) is 10.1. The lowest BCUT2D eigenvalue weighted by Crippen LogP contribution is -2.52. The van der Waals surface area contributed by atoms with Gasteiger partial charge in [-0.1, -0.05) is 12.1 Å². The zero-order valence-electron chi connectivity index (χ0n) is 18.0. The topological polar surface area (TPSA) is 129 Å². The van der Waals surface area contributed by atoms with Crippen molar-refractivity contribution in [2.75, 3.05) is 44.2 Å². The number of hydrogen-bond acceptors (Lipinski definition) is 6. The summed E-state index contributed by atoms with van der Waals surface area (Å²) >= 11 is 0. The third-order valence-electron chi connectivity index (χ3n) is 4.80. The summed E-state index contributed by atoms with van der Waals surface area (Å²) in [5.74, 6) is 0.707. The Morgan fingerprint density at radius 1 is 1.06 bits per heavy atom. The number of nitrogens with zero attached hydrogens (tertiary/aromatic N) is 5. The second-order valence-corrected chi connectivity index (χ2v) is 7.04. The number of nitrogens with one attached hydrogen (secondary N) is 2. The summed E-state index contributed by atoms with van der Waals surface area (Å²) in [4.78, 5) is 40.6. The van der Waals surface area contributed by atoms with Gasteiger partial charge in [0.25, 0.3) is 5.91 Å². The highest BCUT2D eigenvalue weighted by atomic mass is 127. The summed E-state index contributed by atoms with van der Waals surface area (Å²) in [6.07, 6.45) is 3.51. The normalized spacial score (nSPS) is 13.8. The number of aliphatic imine (C=N–C) groups is 1. The maximum absolute atomic E-state index is 12.0. The summed E-state index contributed by atoms with van der Waals surface area (Å²) in [7, 11) is 0. The van der Waals surface area contributed by atoms with Gasteiger partial charge in [0.2, 0.25) is 11.9 Å². The number of amides is 2. The lowest BCUT2D eigenvalue weighted by molar-refractivity contribution is -0.117. The van der Waals surface area contributed by atoms with E-state index in [4.69, 9.17) is 10.7 Å². The molecular formula is C21H29IN8O2. The second-order valence-electron chi connectivity index (χ2n) is 7.04. The molecule has 11 heteroatoms. The van der Waals surface area contributed by atoms with E-state index in [0.717, 1.165) is 50.2 Å². The molecule has 0 saturated carbocycles. The molecule has 1 aliphatic rings. The van der Waals surface area contributed by atoms with Gasteiger partial charge in [0.05, 0.1) is 13.1 Å². The fraction of sp³-hybridized carbons (Fsp3) is 0.381. The largest absolute Gasteiger partial charge is 0.368 e. The number of guanidine groups is 1. The van der Waals surface area contributed by atoms with Crippen LogP contribution >= 0.6 is 24.0 Å². The maximum atomic E-state index is 12.0. The summed E-state index contributed by atoms with van der Waals surface area (Å²) in [6.45, 7) is 6.43. The quantitative estimate of drug-likeness (QED) is 0.261. The van der Waals surface area contributed by atoms with Crippen LogP contribution in [0.25, 0.3) is 0 Å². The highest BCUT2D eigenvalue weighted by Gasteiger charge is 2.21. The van der Waals surface area contributed by atoms with Crippen molar-refractivity contribution in [3.63, 3.8) is 0 Å². The van der Waals surface area contributed by atoms with Crippen LogP contribution in [-0.2, 0) is 11.3 Å². The van der Waals surface area contributed by atoms with Gasteiger partial charge >= 0.3 is 0 Å². The molecule has 0 unspecified atom stereocenters. The third kappa shape index (κ3) is 7.32. The number of aromatic nitrogens is 2. The monoisotopic (exact) mass is 552 g/mol. The van der Waals surface area contributed by atoms with Gasteiger partial charge in [-0.3, -0.25) is 9.59 Å². The van der Waals surface area contributed by atoms with E-state index in [2.05, 4.69) is 30.4 Å². The maximum Gasteiger partial charge on any atom is 0.251 e. The molecule has 10 nitrogen and oxygen atoms in total. The SMILES string of the molecule is CCNC(=NCc1ccc(C(=O)NCC(N)=O)cc1)N1CCN(c2ncccn2)CC1.I. The van der Waals surface area contributed by atoms with E-state index >= 15 is 0 Å². The zero-order chi connectivity index (χ0) is 22.1. The van der Waals surface area contributed by atoms with E-state index in [1.165, 1.54) is 0 Å². The molecule has 0 aliphatic carbocycles. The van der Waals surface area contributed by atoms with E-state index < -0.39 is 5.91 Å². The van der Waals surface area contributed by atoms with Crippen molar-refractivity contribution in [1.82, 2.24) is 25.5 Å². The Labute approximate surface area is 204 Å². The molecule has 0 atom stereocenters. The molecule has 0 spiro atoms. The molecule has 0 radical (unpaired) electrons. The first kappa shape index (κ1) is 25.3. The molecule has 172 valence electrons. The Hall–Kier alpha value is -2.96. The molecule has 2 aromatic rings. The number of nitrogens with two attached hydrogens (primary N) is 1. The van der Waals surface area contributed by atoms with Crippen molar-refractivity contribution in [3.8, 4) is 0 Å². The zero-order valence-corrected chi connectivity index (χ0v) is 20.4.